The summed E-state index contributed by atoms with van der Waals surface area (Å²) in [6.07, 6.45) is 4.96. The van der Waals surface area contributed by atoms with E-state index in [0.717, 1.165) is 31.4 Å². The van der Waals surface area contributed by atoms with Gasteiger partial charge >= 0.3 is 0 Å². The molecule has 0 saturated carbocycles. The lowest BCUT2D eigenvalue weighted by Crippen LogP contribution is -2.27. The van der Waals surface area contributed by atoms with Crippen molar-refractivity contribution in [2.24, 2.45) is 5.73 Å². The molecule has 0 fully saturated rings. The lowest BCUT2D eigenvalue weighted by molar-refractivity contribution is -0.119. The van der Waals surface area contributed by atoms with Crippen molar-refractivity contribution in [2.75, 3.05) is 5.75 Å². The van der Waals surface area contributed by atoms with Crippen molar-refractivity contribution in [3.05, 3.63) is 0 Å². The van der Waals surface area contributed by atoms with Crippen LogP contribution in [0.25, 0.3) is 0 Å². The first kappa shape index (κ1) is 17.6. The van der Waals surface area contributed by atoms with Gasteiger partial charge in [-0.25, -0.2) is 0 Å². The number of nitrogens with two attached hydrogens (primary N) is 1. The Morgan fingerprint density at radius 1 is 1.11 bits per heavy atom. The molecule has 0 heterocycles. The Labute approximate surface area is 115 Å². The lowest BCUT2D eigenvalue weighted by Gasteiger charge is -2.07. The van der Waals surface area contributed by atoms with Crippen molar-refractivity contribution in [3.8, 4) is 0 Å². The Morgan fingerprint density at radius 3 is 2.33 bits per heavy atom. The average Bonchev–Trinajstić information content (AvgIpc) is 2.27. The molecular weight excluding hydrogens is 246 g/mol. The summed E-state index contributed by atoms with van der Waals surface area (Å²) in [4.78, 5) is 22.4. The van der Waals surface area contributed by atoms with Crippen molar-refractivity contribution < 1.29 is 9.59 Å². The third kappa shape index (κ3) is 10.8. The second-order valence-corrected chi connectivity index (χ2v) is 6.71. The minimum Gasteiger partial charge on any atom is -0.322 e. The monoisotopic (exact) mass is 273 g/mol. The van der Waals surface area contributed by atoms with Gasteiger partial charge in [-0.2, -0.15) is 11.8 Å². The normalized spacial score (nSPS) is 12.7. The van der Waals surface area contributed by atoms with E-state index in [1.165, 1.54) is 6.92 Å². The highest BCUT2D eigenvalue weighted by Crippen LogP contribution is 2.12. The van der Waals surface area contributed by atoms with Gasteiger partial charge in [0.1, 0.15) is 11.6 Å². The Balaban J connectivity index is 3.38. The molecule has 0 saturated heterocycles. The molecule has 0 amide bonds. The molecule has 0 unspecified atom stereocenters. The molecule has 0 aliphatic heterocycles. The van der Waals surface area contributed by atoms with E-state index in [9.17, 15) is 9.59 Å². The van der Waals surface area contributed by atoms with Gasteiger partial charge in [-0.05, 0) is 25.0 Å². The molecule has 0 aromatic heterocycles. The zero-order valence-corrected chi connectivity index (χ0v) is 12.7. The first-order chi connectivity index (χ1) is 8.43. The van der Waals surface area contributed by atoms with E-state index in [4.69, 9.17) is 5.73 Å². The fraction of sp³-hybridized carbons (Fsp3) is 0.857. The van der Waals surface area contributed by atoms with Gasteiger partial charge in [0.15, 0.2) is 0 Å². The molecule has 0 aromatic rings. The smallest absolute Gasteiger partial charge is 0.146 e. The van der Waals surface area contributed by atoms with Gasteiger partial charge in [-0.1, -0.05) is 26.7 Å². The molecule has 0 bridgehead atoms. The van der Waals surface area contributed by atoms with Crippen LogP contribution < -0.4 is 5.73 Å². The highest BCUT2D eigenvalue weighted by molar-refractivity contribution is 7.99. The maximum absolute atomic E-state index is 11.5. The van der Waals surface area contributed by atoms with Crippen LogP contribution in [0.5, 0.6) is 0 Å². The number of Topliss-reactive ketones (excluding diaryl/α,β-unsaturated/α-hetero) is 2. The van der Waals surface area contributed by atoms with Crippen LogP contribution in [0.4, 0.5) is 0 Å². The summed E-state index contributed by atoms with van der Waals surface area (Å²) in [6.45, 7) is 5.82. The van der Waals surface area contributed by atoms with Gasteiger partial charge in [-0.3, -0.25) is 9.59 Å². The lowest BCUT2D eigenvalue weighted by atomic mass is 10.0. The van der Waals surface area contributed by atoms with Crippen LogP contribution >= 0.6 is 11.8 Å². The predicted octanol–water partition coefficient (Wildman–Crippen LogP) is 2.95. The second-order valence-electron chi connectivity index (χ2n) is 5.02. The van der Waals surface area contributed by atoms with Crippen molar-refractivity contribution in [3.63, 3.8) is 0 Å². The maximum Gasteiger partial charge on any atom is 0.146 e. The number of carbonyl (C=O) groups excluding carboxylic acids is 2. The predicted molar refractivity (Wildman–Crippen MR) is 79.0 cm³/mol. The van der Waals surface area contributed by atoms with Crippen molar-refractivity contribution in [2.45, 2.75) is 70.6 Å². The van der Waals surface area contributed by atoms with E-state index in [-0.39, 0.29) is 11.8 Å². The number of hydrogen-bond acceptors (Lipinski definition) is 4. The Bertz CT molecular complexity index is 254. The number of hydrogen-bond donors (Lipinski definition) is 1. The summed E-state index contributed by atoms with van der Waals surface area (Å²) in [5.41, 5.74) is 5.63. The summed E-state index contributed by atoms with van der Waals surface area (Å²) in [5.74, 6) is 1.35. The molecule has 1 atom stereocenters. The quantitative estimate of drug-likeness (QED) is 0.588. The summed E-state index contributed by atoms with van der Waals surface area (Å²) in [7, 11) is 0. The van der Waals surface area contributed by atoms with Crippen LogP contribution in [0, 0.1) is 0 Å². The Morgan fingerprint density at radius 2 is 1.78 bits per heavy atom. The van der Waals surface area contributed by atoms with Crippen LogP contribution in [-0.4, -0.2) is 28.6 Å². The first-order valence-corrected chi connectivity index (χ1v) is 7.87. The molecule has 0 rings (SSSR count). The number of ketones is 2. The summed E-state index contributed by atoms with van der Waals surface area (Å²) >= 11 is 1.84. The summed E-state index contributed by atoms with van der Waals surface area (Å²) < 4.78 is 0. The van der Waals surface area contributed by atoms with Gasteiger partial charge in [0.2, 0.25) is 0 Å². The largest absolute Gasteiger partial charge is 0.322 e. The van der Waals surface area contributed by atoms with E-state index in [1.807, 2.05) is 11.8 Å². The maximum atomic E-state index is 11.5. The standard InChI is InChI=1S/C14H27NO2S/c1-11(2)18-10-9-13(17)7-5-4-6-8-14(15)12(3)16/h11,14H,4-10,15H2,1-3H3/t14-/m0/s1. The number of thioether (sulfide) groups is 1. The van der Waals surface area contributed by atoms with E-state index in [1.54, 1.807) is 0 Å². The van der Waals surface area contributed by atoms with Gasteiger partial charge in [-0.15, -0.1) is 0 Å². The molecule has 18 heavy (non-hydrogen) atoms. The molecule has 2 N–H and O–H groups in total. The topological polar surface area (TPSA) is 60.2 Å². The van der Waals surface area contributed by atoms with Crippen LogP contribution in [0.1, 0.15) is 59.3 Å². The first-order valence-electron chi connectivity index (χ1n) is 6.82. The summed E-state index contributed by atoms with van der Waals surface area (Å²) in [5, 5.41) is 0.603. The Kier molecular flexibility index (Phi) is 10.4. The van der Waals surface area contributed by atoms with Crippen LogP contribution in [0.3, 0.4) is 0 Å². The molecule has 0 aromatic carbocycles. The van der Waals surface area contributed by atoms with Crippen LogP contribution in [0.15, 0.2) is 0 Å². The van der Waals surface area contributed by atoms with Gasteiger partial charge in [0.05, 0.1) is 6.04 Å². The zero-order valence-electron chi connectivity index (χ0n) is 11.9. The molecule has 106 valence electrons. The van der Waals surface area contributed by atoms with E-state index in [2.05, 4.69) is 13.8 Å². The zero-order chi connectivity index (χ0) is 14.0. The molecule has 3 nitrogen and oxygen atoms in total. The highest BCUT2D eigenvalue weighted by atomic mass is 32.2. The minimum atomic E-state index is -0.317. The Hall–Kier alpha value is -0.350. The highest BCUT2D eigenvalue weighted by Gasteiger charge is 2.07. The molecular formula is C14H27NO2S. The SMILES string of the molecule is CC(=O)[C@@H](N)CCCCCC(=O)CCSC(C)C. The van der Waals surface area contributed by atoms with Gasteiger partial charge < -0.3 is 5.73 Å². The van der Waals surface area contributed by atoms with Gasteiger partial charge in [0, 0.05) is 18.6 Å². The van der Waals surface area contributed by atoms with Crippen molar-refractivity contribution in [1.29, 1.82) is 0 Å². The minimum absolute atomic E-state index is 0.0526. The van der Waals surface area contributed by atoms with E-state index in [0.29, 0.717) is 23.9 Å². The van der Waals surface area contributed by atoms with Crippen LogP contribution in [0.2, 0.25) is 0 Å². The molecule has 4 heteroatoms. The van der Waals surface area contributed by atoms with Crippen LogP contribution in [-0.2, 0) is 9.59 Å². The second kappa shape index (κ2) is 10.6. The fourth-order valence-corrected chi connectivity index (χ4v) is 2.42. The fourth-order valence-electron chi connectivity index (χ4n) is 1.60. The molecule has 0 radical (unpaired) electrons. The van der Waals surface area contributed by atoms with E-state index >= 15 is 0 Å². The third-order valence-electron chi connectivity index (χ3n) is 2.82. The van der Waals surface area contributed by atoms with Crippen molar-refractivity contribution in [1.82, 2.24) is 0 Å². The van der Waals surface area contributed by atoms with Gasteiger partial charge in [0.25, 0.3) is 0 Å². The molecule has 0 aliphatic rings. The average molecular weight is 273 g/mol. The molecule has 0 spiro atoms. The summed E-state index contributed by atoms with van der Waals surface area (Å²) in [6, 6.07) is -0.317. The number of carbonyl (C=O) groups is 2. The third-order valence-corrected chi connectivity index (χ3v) is 3.93. The van der Waals surface area contributed by atoms with E-state index < -0.39 is 0 Å². The number of rotatable bonds is 11. The molecule has 0 aliphatic carbocycles. The number of unbranched alkanes of at least 4 members (excludes halogenated alkanes) is 2. The van der Waals surface area contributed by atoms with Crippen molar-refractivity contribution >= 4 is 23.3 Å².